The van der Waals surface area contributed by atoms with Gasteiger partial charge in [0.25, 0.3) is 0 Å². The number of esters is 1. The lowest BCUT2D eigenvalue weighted by Gasteiger charge is -2.13. The van der Waals surface area contributed by atoms with E-state index in [1.807, 2.05) is 0 Å². The summed E-state index contributed by atoms with van der Waals surface area (Å²) in [5, 5.41) is 0. The van der Waals surface area contributed by atoms with Gasteiger partial charge in [0.2, 0.25) is 0 Å². The van der Waals surface area contributed by atoms with Crippen LogP contribution in [0.5, 0.6) is 0 Å². The largest absolute Gasteiger partial charge is 0.468 e. The zero-order chi connectivity index (χ0) is 9.19. The SMILES string of the molecule is C.C=CC1CC1(NOC)C(=O)OC. The number of ether oxygens (including phenoxy) is 1. The van der Waals surface area contributed by atoms with Gasteiger partial charge in [0.05, 0.1) is 14.2 Å². The minimum absolute atomic E-state index is 0. The molecule has 1 aliphatic carbocycles. The Kier molecular flexibility index (Phi) is 4.10. The molecule has 1 N–H and O–H groups in total. The van der Waals surface area contributed by atoms with Gasteiger partial charge in [-0.25, -0.2) is 4.79 Å². The molecule has 0 radical (unpaired) electrons. The van der Waals surface area contributed by atoms with Crippen molar-refractivity contribution < 1.29 is 14.4 Å². The van der Waals surface area contributed by atoms with Crippen LogP contribution in [0.2, 0.25) is 0 Å². The Morgan fingerprint density at radius 3 is 2.62 bits per heavy atom. The van der Waals surface area contributed by atoms with Gasteiger partial charge in [0.1, 0.15) is 5.54 Å². The fourth-order valence-corrected chi connectivity index (χ4v) is 1.33. The molecule has 0 bridgehead atoms. The Morgan fingerprint density at radius 1 is 1.69 bits per heavy atom. The number of carbonyl (C=O) groups excluding carboxylic acids is 1. The molecule has 0 spiro atoms. The van der Waals surface area contributed by atoms with Crippen LogP contribution in [0.25, 0.3) is 0 Å². The molecule has 0 heterocycles. The van der Waals surface area contributed by atoms with Gasteiger partial charge in [-0.1, -0.05) is 13.5 Å². The predicted molar refractivity (Wildman–Crippen MR) is 49.9 cm³/mol. The molecule has 4 heteroatoms. The Labute approximate surface area is 78.9 Å². The summed E-state index contributed by atoms with van der Waals surface area (Å²) in [6.45, 7) is 3.61. The highest BCUT2D eigenvalue weighted by Crippen LogP contribution is 2.45. The highest BCUT2D eigenvalue weighted by molar-refractivity contribution is 5.85. The van der Waals surface area contributed by atoms with E-state index in [9.17, 15) is 4.79 Å². The lowest BCUT2D eigenvalue weighted by molar-refractivity contribution is -0.149. The molecule has 1 saturated carbocycles. The summed E-state index contributed by atoms with van der Waals surface area (Å²) < 4.78 is 4.63. The standard InChI is InChI=1S/C8H13NO3.CH4/c1-4-6-5-8(6,9-12-3)7(10)11-2;/h4,6,9H,1,5H2,2-3H3;1H4. The maximum absolute atomic E-state index is 11.2. The van der Waals surface area contributed by atoms with Crippen LogP contribution in [0.4, 0.5) is 0 Å². The Hall–Kier alpha value is -0.870. The van der Waals surface area contributed by atoms with Crippen molar-refractivity contribution in [1.82, 2.24) is 5.48 Å². The smallest absolute Gasteiger partial charge is 0.328 e. The average molecular weight is 187 g/mol. The maximum atomic E-state index is 11.2. The quantitative estimate of drug-likeness (QED) is 0.403. The molecule has 76 valence electrons. The van der Waals surface area contributed by atoms with Crippen LogP contribution in [-0.4, -0.2) is 25.7 Å². The summed E-state index contributed by atoms with van der Waals surface area (Å²) in [6, 6.07) is 0. The van der Waals surface area contributed by atoms with Crippen molar-refractivity contribution in [3.63, 3.8) is 0 Å². The fraction of sp³-hybridized carbons (Fsp3) is 0.667. The van der Waals surface area contributed by atoms with Gasteiger partial charge in [0, 0.05) is 5.92 Å². The second-order valence-corrected chi connectivity index (χ2v) is 2.82. The second kappa shape index (κ2) is 4.39. The van der Waals surface area contributed by atoms with Crippen molar-refractivity contribution in [1.29, 1.82) is 0 Å². The number of carbonyl (C=O) groups is 1. The van der Waals surface area contributed by atoms with Gasteiger partial charge < -0.3 is 9.57 Å². The van der Waals surface area contributed by atoms with Crippen LogP contribution in [0.3, 0.4) is 0 Å². The molecule has 13 heavy (non-hydrogen) atoms. The first-order chi connectivity index (χ1) is 5.71. The van der Waals surface area contributed by atoms with E-state index in [1.54, 1.807) is 6.08 Å². The molecule has 1 rings (SSSR count). The maximum Gasteiger partial charge on any atom is 0.328 e. The fourth-order valence-electron chi connectivity index (χ4n) is 1.33. The van der Waals surface area contributed by atoms with Gasteiger partial charge in [0.15, 0.2) is 0 Å². The number of hydrogen-bond donors (Lipinski definition) is 1. The van der Waals surface area contributed by atoms with Crippen molar-refractivity contribution >= 4 is 5.97 Å². The Balaban J connectivity index is 0.00000144. The van der Waals surface area contributed by atoms with Crippen molar-refractivity contribution in [3.05, 3.63) is 12.7 Å². The van der Waals surface area contributed by atoms with Gasteiger partial charge in [-0.05, 0) is 6.42 Å². The minimum Gasteiger partial charge on any atom is -0.468 e. The lowest BCUT2D eigenvalue weighted by atomic mass is 10.2. The number of hydroxylamine groups is 1. The topological polar surface area (TPSA) is 47.6 Å². The van der Waals surface area contributed by atoms with Crippen LogP contribution in [0.1, 0.15) is 13.8 Å². The van der Waals surface area contributed by atoms with Crippen LogP contribution in [0, 0.1) is 5.92 Å². The van der Waals surface area contributed by atoms with Gasteiger partial charge in [-0.2, -0.15) is 5.48 Å². The minimum atomic E-state index is -0.675. The third-order valence-corrected chi connectivity index (χ3v) is 2.13. The van der Waals surface area contributed by atoms with Crippen molar-refractivity contribution in [2.45, 2.75) is 19.4 Å². The summed E-state index contributed by atoms with van der Waals surface area (Å²) >= 11 is 0. The zero-order valence-electron chi connectivity index (χ0n) is 7.29. The van der Waals surface area contributed by atoms with E-state index in [2.05, 4.69) is 16.8 Å². The van der Waals surface area contributed by atoms with E-state index in [0.717, 1.165) is 0 Å². The molecule has 0 amide bonds. The molecule has 0 aliphatic heterocycles. The van der Waals surface area contributed by atoms with E-state index in [-0.39, 0.29) is 19.3 Å². The average Bonchev–Trinajstić information content (AvgIpc) is 2.79. The summed E-state index contributed by atoms with van der Waals surface area (Å²) in [5.74, 6) is -0.181. The van der Waals surface area contributed by atoms with Gasteiger partial charge in [-0.15, -0.1) is 6.58 Å². The normalized spacial score (nSPS) is 30.2. The number of methoxy groups -OCH3 is 1. The molecule has 0 saturated heterocycles. The molecule has 4 nitrogen and oxygen atoms in total. The van der Waals surface area contributed by atoms with Crippen LogP contribution < -0.4 is 5.48 Å². The van der Waals surface area contributed by atoms with E-state index in [1.165, 1.54) is 14.2 Å². The van der Waals surface area contributed by atoms with E-state index in [4.69, 9.17) is 4.84 Å². The monoisotopic (exact) mass is 187 g/mol. The number of nitrogens with one attached hydrogen (secondary N) is 1. The van der Waals surface area contributed by atoms with E-state index < -0.39 is 5.54 Å². The third kappa shape index (κ3) is 1.89. The molecule has 2 atom stereocenters. The summed E-state index contributed by atoms with van der Waals surface area (Å²) in [5.41, 5.74) is 1.96. The number of hydrogen-bond acceptors (Lipinski definition) is 4. The van der Waals surface area contributed by atoms with Crippen molar-refractivity contribution in [2.75, 3.05) is 14.2 Å². The number of rotatable bonds is 4. The summed E-state index contributed by atoms with van der Waals surface area (Å²) in [7, 11) is 2.84. The highest BCUT2D eigenvalue weighted by atomic mass is 16.6. The van der Waals surface area contributed by atoms with Crippen LogP contribution in [0.15, 0.2) is 12.7 Å². The molecule has 1 fully saturated rings. The van der Waals surface area contributed by atoms with Gasteiger partial charge in [-0.3, -0.25) is 0 Å². The molecule has 0 aromatic rings. The second-order valence-electron chi connectivity index (χ2n) is 2.82. The lowest BCUT2D eigenvalue weighted by Crippen LogP contribution is -2.41. The van der Waals surface area contributed by atoms with Crippen LogP contribution >= 0.6 is 0 Å². The molecular formula is C9H17NO3. The summed E-state index contributed by atoms with van der Waals surface area (Å²) in [6.07, 6.45) is 2.42. The Morgan fingerprint density at radius 2 is 2.31 bits per heavy atom. The van der Waals surface area contributed by atoms with E-state index >= 15 is 0 Å². The first-order valence-electron chi connectivity index (χ1n) is 3.72. The molecule has 0 aromatic heterocycles. The first kappa shape index (κ1) is 12.1. The first-order valence-corrected chi connectivity index (χ1v) is 3.72. The summed E-state index contributed by atoms with van der Waals surface area (Å²) in [4.78, 5) is 16.0. The van der Waals surface area contributed by atoms with Gasteiger partial charge >= 0.3 is 5.97 Å². The van der Waals surface area contributed by atoms with Crippen LogP contribution in [-0.2, 0) is 14.4 Å². The molecule has 2 unspecified atom stereocenters. The van der Waals surface area contributed by atoms with E-state index in [0.29, 0.717) is 6.42 Å². The third-order valence-electron chi connectivity index (χ3n) is 2.13. The zero-order valence-corrected chi connectivity index (χ0v) is 7.29. The molecular weight excluding hydrogens is 170 g/mol. The highest BCUT2D eigenvalue weighted by Gasteiger charge is 2.60. The van der Waals surface area contributed by atoms with Crippen molar-refractivity contribution in [2.24, 2.45) is 5.92 Å². The molecule has 1 aliphatic rings. The van der Waals surface area contributed by atoms with Crippen molar-refractivity contribution in [3.8, 4) is 0 Å². The Bertz CT molecular complexity index is 205. The molecule has 0 aromatic carbocycles. The predicted octanol–water partition coefficient (Wildman–Crippen LogP) is 0.891.